The van der Waals surface area contributed by atoms with Crippen molar-refractivity contribution in [3.63, 3.8) is 0 Å². The van der Waals surface area contributed by atoms with Crippen LogP contribution in [0.1, 0.15) is 373 Å². The number of nitrogens with one attached hydrogen (secondary N) is 1. The quantitative estimate of drug-likeness (QED) is 0.0261. The lowest BCUT2D eigenvalue weighted by atomic mass is 9.99. The lowest BCUT2D eigenvalue weighted by Gasteiger charge is -2.40. The van der Waals surface area contributed by atoms with Crippen molar-refractivity contribution in [1.29, 1.82) is 0 Å². The molecule has 1 fully saturated rings. The summed E-state index contributed by atoms with van der Waals surface area (Å²) in [4.78, 5) is 13.1. The molecule has 6 N–H and O–H groups in total. The Bertz CT molecular complexity index is 1480. The van der Waals surface area contributed by atoms with Gasteiger partial charge in [-0.15, -0.1) is 0 Å². The molecule has 0 spiro atoms. The summed E-state index contributed by atoms with van der Waals surface area (Å²) >= 11 is 0. The summed E-state index contributed by atoms with van der Waals surface area (Å²) in [6.07, 6.45) is 82.5. The monoisotopic (exact) mass is 1200 g/mol. The molecule has 1 aliphatic heterocycles. The zero-order chi connectivity index (χ0) is 61.4. The Labute approximate surface area is 526 Å². The number of rotatable bonds is 66. The van der Waals surface area contributed by atoms with Crippen LogP contribution in [0.3, 0.4) is 0 Å². The van der Waals surface area contributed by atoms with Gasteiger partial charge in [0, 0.05) is 6.42 Å². The molecule has 0 aromatic rings. The number of carbonyl (C=O) groups is 1. The summed E-state index contributed by atoms with van der Waals surface area (Å²) in [6, 6.07) is -0.822. The molecule has 0 saturated carbocycles. The van der Waals surface area contributed by atoms with E-state index in [0.717, 1.165) is 44.9 Å². The van der Waals surface area contributed by atoms with Crippen LogP contribution in [0.2, 0.25) is 0 Å². The Morgan fingerprint density at radius 2 is 0.706 bits per heavy atom. The summed E-state index contributed by atoms with van der Waals surface area (Å²) in [7, 11) is 0. The van der Waals surface area contributed by atoms with E-state index in [9.17, 15) is 30.3 Å². The van der Waals surface area contributed by atoms with Gasteiger partial charge in [0.2, 0.25) is 5.91 Å². The first-order valence-corrected chi connectivity index (χ1v) is 37.4. The molecular weight excluding hydrogens is 1050 g/mol. The fourth-order valence-electron chi connectivity index (χ4n) is 12.0. The zero-order valence-electron chi connectivity index (χ0n) is 56.1. The van der Waals surface area contributed by atoms with Gasteiger partial charge >= 0.3 is 0 Å². The van der Waals surface area contributed by atoms with Gasteiger partial charge < -0.3 is 40.3 Å². The molecule has 7 atom stereocenters. The highest BCUT2D eigenvalue weighted by Gasteiger charge is 2.44. The number of allylic oxidation sites excluding steroid dienone is 7. The van der Waals surface area contributed by atoms with Crippen LogP contribution in [0.25, 0.3) is 0 Å². The van der Waals surface area contributed by atoms with Gasteiger partial charge in [0.1, 0.15) is 24.4 Å². The molecule has 1 rings (SSSR count). The second kappa shape index (κ2) is 65.1. The average Bonchev–Trinajstić information content (AvgIpc) is 3.66. The van der Waals surface area contributed by atoms with Crippen LogP contribution in [0.4, 0.5) is 0 Å². The Kier molecular flexibility index (Phi) is 62.2. The van der Waals surface area contributed by atoms with Crippen molar-refractivity contribution in [3.8, 4) is 0 Å². The highest BCUT2D eigenvalue weighted by Crippen LogP contribution is 2.24. The maximum atomic E-state index is 13.1. The lowest BCUT2D eigenvalue weighted by Crippen LogP contribution is -2.60. The van der Waals surface area contributed by atoms with Crippen LogP contribution in [-0.2, 0) is 14.3 Å². The second-order valence-electron chi connectivity index (χ2n) is 26.1. The van der Waals surface area contributed by atoms with E-state index >= 15 is 0 Å². The maximum Gasteiger partial charge on any atom is 0.220 e. The number of ether oxygens (including phenoxy) is 2. The van der Waals surface area contributed by atoms with Gasteiger partial charge in [0.15, 0.2) is 6.29 Å². The Hall–Kier alpha value is -1.85. The molecule has 0 aromatic heterocycles. The highest BCUT2D eigenvalue weighted by atomic mass is 16.7. The number of hydrogen-bond donors (Lipinski definition) is 6. The first-order valence-electron chi connectivity index (χ1n) is 37.4. The van der Waals surface area contributed by atoms with Crippen molar-refractivity contribution in [2.24, 2.45) is 0 Å². The summed E-state index contributed by atoms with van der Waals surface area (Å²) < 4.78 is 11.3. The number of carbonyl (C=O) groups excluding carboxylic acids is 1. The Morgan fingerprint density at radius 1 is 0.400 bits per heavy atom. The summed E-state index contributed by atoms with van der Waals surface area (Å²) in [5.41, 5.74) is 0. The summed E-state index contributed by atoms with van der Waals surface area (Å²) in [5, 5.41) is 54.8. The minimum absolute atomic E-state index is 0.179. The number of aliphatic hydroxyl groups is 5. The number of amides is 1. The van der Waals surface area contributed by atoms with Crippen LogP contribution in [0.15, 0.2) is 48.6 Å². The molecule has 85 heavy (non-hydrogen) atoms. The molecule has 500 valence electrons. The molecule has 0 radical (unpaired) electrons. The van der Waals surface area contributed by atoms with E-state index in [2.05, 4.69) is 55.6 Å². The molecule has 1 saturated heterocycles. The molecule has 0 aliphatic carbocycles. The molecule has 9 heteroatoms. The van der Waals surface area contributed by atoms with Crippen LogP contribution in [-0.4, -0.2) is 87.5 Å². The van der Waals surface area contributed by atoms with Crippen molar-refractivity contribution in [2.45, 2.75) is 416 Å². The minimum Gasteiger partial charge on any atom is -0.394 e. The van der Waals surface area contributed by atoms with E-state index in [1.807, 2.05) is 6.08 Å². The van der Waals surface area contributed by atoms with Crippen molar-refractivity contribution in [1.82, 2.24) is 5.32 Å². The van der Waals surface area contributed by atoms with Crippen molar-refractivity contribution in [2.75, 3.05) is 13.2 Å². The summed E-state index contributed by atoms with van der Waals surface area (Å²) in [6.45, 7) is 3.80. The molecule has 7 unspecified atom stereocenters. The number of unbranched alkanes of at least 4 members (excludes halogenated alkanes) is 50. The summed E-state index contributed by atoms with van der Waals surface area (Å²) in [5.74, 6) is -0.179. The van der Waals surface area contributed by atoms with E-state index in [0.29, 0.717) is 6.42 Å². The second-order valence-corrected chi connectivity index (χ2v) is 26.1. The van der Waals surface area contributed by atoms with Crippen molar-refractivity contribution in [3.05, 3.63) is 48.6 Å². The zero-order valence-corrected chi connectivity index (χ0v) is 56.1. The smallest absolute Gasteiger partial charge is 0.220 e. The Balaban J connectivity index is 2.07. The number of aliphatic hydroxyl groups excluding tert-OH is 5. The fourth-order valence-corrected chi connectivity index (χ4v) is 12.0. The first kappa shape index (κ1) is 81.2. The van der Waals surface area contributed by atoms with Crippen molar-refractivity contribution >= 4 is 5.91 Å². The standard InChI is InChI=1S/C76H143NO8/c1-3-5-7-9-11-13-15-17-19-21-23-25-27-28-29-30-31-32-33-34-35-36-37-38-39-40-41-42-44-46-48-50-52-54-56-58-60-62-64-66-72(80)77-69(68-84-76-75(83)74(82)73(81)71(67-78)85-76)70(79)65-63-61-59-57-55-53-51-49-47-45-43-26-24-22-20-18-16-14-12-10-8-6-4-2/h15,17,21,23,55,57,63,65,69-71,73-76,78-79,81-83H,3-14,16,18-20,22,24-54,56,58-62,64,66-68H2,1-2H3,(H,77,80)/b17-15-,23-21-,57-55+,65-63+. The SMILES string of the molecule is CCCCCCC/C=C\C/C=C\CCCCCCCCCCCCCCCCCCCCCCCCCCCCCC(=O)NC(COC1OC(CO)C(O)C(O)C1O)C(O)/C=C/CC/C=C/CCCCCCCCCCCCCCCCCCC. The van der Waals surface area contributed by atoms with Gasteiger partial charge in [-0.25, -0.2) is 0 Å². The van der Waals surface area contributed by atoms with Gasteiger partial charge in [0.25, 0.3) is 0 Å². The minimum atomic E-state index is -1.57. The van der Waals surface area contributed by atoms with Gasteiger partial charge in [0.05, 0.1) is 25.4 Å². The van der Waals surface area contributed by atoms with Gasteiger partial charge in [-0.3, -0.25) is 4.79 Å². The predicted octanol–water partition coefficient (Wildman–Crippen LogP) is 20.8. The van der Waals surface area contributed by atoms with Crippen LogP contribution >= 0.6 is 0 Å². The third-order valence-electron chi connectivity index (χ3n) is 17.9. The fraction of sp³-hybridized carbons (Fsp3) is 0.882. The molecule has 1 amide bonds. The van der Waals surface area contributed by atoms with Gasteiger partial charge in [-0.1, -0.05) is 351 Å². The van der Waals surface area contributed by atoms with Crippen LogP contribution in [0, 0.1) is 0 Å². The number of hydrogen-bond acceptors (Lipinski definition) is 8. The van der Waals surface area contributed by atoms with Crippen molar-refractivity contribution < 1.29 is 39.8 Å². The van der Waals surface area contributed by atoms with Crippen LogP contribution in [0.5, 0.6) is 0 Å². The molecule has 1 heterocycles. The lowest BCUT2D eigenvalue weighted by molar-refractivity contribution is -0.302. The molecule has 1 aliphatic rings. The molecule has 0 aromatic carbocycles. The van der Waals surface area contributed by atoms with Gasteiger partial charge in [-0.05, 0) is 64.2 Å². The van der Waals surface area contributed by atoms with E-state index in [1.165, 1.54) is 308 Å². The maximum absolute atomic E-state index is 13.1. The Morgan fingerprint density at radius 3 is 1.06 bits per heavy atom. The molecule has 9 nitrogen and oxygen atoms in total. The van der Waals surface area contributed by atoms with E-state index in [1.54, 1.807) is 6.08 Å². The topological polar surface area (TPSA) is 149 Å². The predicted molar refractivity (Wildman–Crippen MR) is 364 cm³/mol. The third-order valence-corrected chi connectivity index (χ3v) is 17.9. The third kappa shape index (κ3) is 53.7. The molecule has 0 bridgehead atoms. The largest absolute Gasteiger partial charge is 0.394 e. The first-order chi connectivity index (χ1) is 41.8. The van der Waals surface area contributed by atoms with E-state index < -0.39 is 49.5 Å². The average molecular weight is 1200 g/mol. The van der Waals surface area contributed by atoms with E-state index in [-0.39, 0.29) is 12.5 Å². The normalized spacial score (nSPS) is 18.3. The highest BCUT2D eigenvalue weighted by molar-refractivity contribution is 5.76. The molecular formula is C76H143NO8. The van der Waals surface area contributed by atoms with E-state index in [4.69, 9.17) is 9.47 Å². The van der Waals surface area contributed by atoms with Gasteiger partial charge in [-0.2, -0.15) is 0 Å². The van der Waals surface area contributed by atoms with Crippen LogP contribution < -0.4 is 5.32 Å².